The van der Waals surface area contributed by atoms with Crippen LogP contribution in [0.3, 0.4) is 0 Å². The maximum Gasteiger partial charge on any atom is 0.0673 e. The van der Waals surface area contributed by atoms with Gasteiger partial charge in [0.05, 0.1) is 6.10 Å². The Hall–Kier alpha value is -0.120. The van der Waals surface area contributed by atoms with Crippen LogP contribution in [0.5, 0.6) is 0 Å². The Morgan fingerprint density at radius 1 is 1.41 bits per heavy atom. The molecule has 1 N–H and O–H groups in total. The summed E-state index contributed by atoms with van der Waals surface area (Å²) in [7, 11) is 0. The average Bonchev–Trinajstić information content (AvgIpc) is 3.11. The molecule has 0 aromatic heterocycles. The average molecular weight is 240 g/mol. The predicted octanol–water partition coefficient (Wildman–Crippen LogP) is 2.02. The van der Waals surface area contributed by atoms with Gasteiger partial charge in [-0.15, -0.1) is 0 Å². The van der Waals surface area contributed by atoms with Crippen LogP contribution in [0.1, 0.15) is 46.0 Å². The number of rotatable bonds is 6. The van der Waals surface area contributed by atoms with Crippen molar-refractivity contribution in [2.75, 3.05) is 26.2 Å². The summed E-state index contributed by atoms with van der Waals surface area (Å²) in [5, 5.41) is 3.59. The van der Waals surface area contributed by atoms with E-state index < -0.39 is 0 Å². The van der Waals surface area contributed by atoms with E-state index in [0.29, 0.717) is 12.1 Å². The van der Waals surface area contributed by atoms with Gasteiger partial charge in [0.2, 0.25) is 0 Å². The molecule has 2 unspecified atom stereocenters. The number of hydrogen-bond acceptors (Lipinski definition) is 3. The molecular weight excluding hydrogens is 212 g/mol. The molecule has 1 saturated heterocycles. The van der Waals surface area contributed by atoms with Gasteiger partial charge in [-0.05, 0) is 52.5 Å². The van der Waals surface area contributed by atoms with E-state index in [4.69, 9.17) is 4.74 Å². The highest BCUT2D eigenvalue weighted by atomic mass is 16.5. The van der Waals surface area contributed by atoms with E-state index in [1.165, 1.54) is 45.2 Å². The first-order chi connectivity index (χ1) is 8.25. The number of nitrogens with zero attached hydrogens (tertiary/aromatic N) is 1. The third kappa shape index (κ3) is 4.94. The molecule has 2 aliphatic rings. The maximum absolute atomic E-state index is 5.69. The third-order valence-corrected chi connectivity index (χ3v) is 3.92. The molecule has 0 spiro atoms. The minimum atomic E-state index is 0.407. The monoisotopic (exact) mass is 240 g/mol. The fourth-order valence-corrected chi connectivity index (χ4v) is 2.60. The van der Waals surface area contributed by atoms with E-state index in [9.17, 15) is 0 Å². The highest BCUT2D eigenvalue weighted by Crippen LogP contribution is 2.18. The smallest absolute Gasteiger partial charge is 0.0673 e. The fraction of sp³-hybridized carbons (Fsp3) is 1.00. The summed E-state index contributed by atoms with van der Waals surface area (Å²) in [6, 6.07) is 1.57. The van der Waals surface area contributed by atoms with Gasteiger partial charge in [0.15, 0.2) is 0 Å². The van der Waals surface area contributed by atoms with Gasteiger partial charge in [0.1, 0.15) is 0 Å². The Balaban J connectivity index is 1.60. The summed E-state index contributed by atoms with van der Waals surface area (Å²) in [6.07, 6.45) is 7.02. The van der Waals surface area contributed by atoms with Gasteiger partial charge in [-0.25, -0.2) is 0 Å². The molecule has 0 aromatic rings. The van der Waals surface area contributed by atoms with Gasteiger partial charge >= 0.3 is 0 Å². The first kappa shape index (κ1) is 13.3. The van der Waals surface area contributed by atoms with E-state index in [1.54, 1.807) is 0 Å². The van der Waals surface area contributed by atoms with Gasteiger partial charge in [-0.1, -0.05) is 0 Å². The summed E-state index contributed by atoms with van der Waals surface area (Å²) in [4.78, 5) is 2.61. The lowest BCUT2D eigenvalue weighted by Crippen LogP contribution is -2.38. The van der Waals surface area contributed by atoms with Crippen molar-refractivity contribution < 1.29 is 4.74 Å². The van der Waals surface area contributed by atoms with Crippen LogP contribution in [0.15, 0.2) is 0 Å². The van der Waals surface area contributed by atoms with Gasteiger partial charge in [-0.2, -0.15) is 0 Å². The lowest BCUT2D eigenvalue weighted by molar-refractivity contribution is 0.0611. The maximum atomic E-state index is 5.69. The van der Waals surface area contributed by atoms with Crippen molar-refractivity contribution in [3.05, 3.63) is 0 Å². The number of hydrogen-bond donors (Lipinski definition) is 1. The van der Waals surface area contributed by atoms with Crippen LogP contribution in [0.25, 0.3) is 0 Å². The summed E-state index contributed by atoms with van der Waals surface area (Å²) < 4.78 is 5.69. The molecular formula is C14H28N2O. The Labute approximate surface area is 106 Å². The molecule has 0 radical (unpaired) electrons. The quantitative estimate of drug-likeness (QED) is 0.719. The second kappa shape index (κ2) is 6.72. The zero-order valence-electron chi connectivity index (χ0n) is 11.5. The van der Waals surface area contributed by atoms with Crippen molar-refractivity contribution in [2.45, 2.75) is 64.1 Å². The minimum Gasteiger partial charge on any atom is -0.377 e. The lowest BCUT2D eigenvalue weighted by atomic mass is 10.1. The topological polar surface area (TPSA) is 24.5 Å². The van der Waals surface area contributed by atoms with Crippen molar-refractivity contribution in [3.63, 3.8) is 0 Å². The van der Waals surface area contributed by atoms with Crippen molar-refractivity contribution in [1.29, 1.82) is 0 Å². The summed E-state index contributed by atoms with van der Waals surface area (Å²) in [6.45, 7) is 9.02. The summed E-state index contributed by atoms with van der Waals surface area (Å²) in [5.41, 5.74) is 0. The van der Waals surface area contributed by atoms with E-state index >= 15 is 0 Å². The molecule has 2 rings (SSSR count). The molecule has 100 valence electrons. The van der Waals surface area contributed by atoms with E-state index in [0.717, 1.165) is 19.2 Å². The standard InChI is InChI=1S/C14H28N2O/c1-12(5-3-8-15-14-6-7-14)16-9-4-10-17-13(2)11-16/h12-15H,3-11H2,1-2H3. The Bertz CT molecular complexity index is 218. The second-order valence-corrected chi connectivity index (χ2v) is 5.75. The van der Waals surface area contributed by atoms with Crippen molar-refractivity contribution in [1.82, 2.24) is 10.2 Å². The highest BCUT2D eigenvalue weighted by molar-refractivity contribution is 4.81. The first-order valence-corrected chi connectivity index (χ1v) is 7.34. The normalized spacial score (nSPS) is 28.9. The van der Waals surface area contributed by atoms with Crippen LogP contribution in [0.4, 0.5) is 0 Å². The summed E-state index contributed by atoms with van der Waals surface area (Å²) in [5.74, 6) is 0. The van der Waals surface area contributed by atoms with E-state index in [1.807, 2.05) is 0 Å². The van der Waals surface area contributed by atoms with Crippen LogP contribution in [0.2, 0.25) is 0 Å². The van der Waals surface area contributed by atoms with Crippen LogP contribution >= 0.6 is 0 Å². The molecule has 0 aromatic carbocycles. The molecule has 1 saturated carbocycles. The highest BCUT2D eigenvalue weighted by Gasteiger charge is 2.21. The van der Waals surface area contributed by atoms with Crippen LogP contribution in [-0.2, 0) is 4.74 Å². The predicted molar refractivity (Wildman–Crippen MR) is 71.3 cm³/mol. The molecule has 2 fully saturated rings. The molecule has 17 heavy (non-hydrogen) atoms. The zero-order chi connectivity index (χ0) is 12.1. The van der Waals surface area contributed by atoms with Gasteiger partial charge in [0, 0.05) is 31.8 Å². The summed E-state index contributed by atoms with van der Waals surface area (Å²) >= 11 is 0. The first-order valence-electron chi connectivity index (χ1n) is 7.34. The fourth-order valence-electron chi connectivity index (χ4n) is 2.60. The SMILES string of the molecule is CC1CN(C(C)CCCNC2CC2)CCCO1. The molecule has 0 amide bonds. The largest absolute Gasteiger partial charge is 0.377 e. The second-order valence-electron chi connectivity index (χ2n) is 5.75. The lowest BCUT2D eigenvalue weighted by Gasteiger charge is -2.28. The van der Waals surface area contributed by atoms with Crippen molar-refractivity contribution in [2.24, 2.45) is 0 Å². The Kier molecular flexibility index (Phi) is 5.26. The molecule has 1 aliphatic carbocycles. The van der Waals surface area contributed by atoms with E-state index in [-0.39, 0.29) is 0 Å². The molecule has 3 heteroatoms. The van der Waals surface area contributed by atoms with Crippen LogP contribution < -0.4 is 5.32 Å². The molecule has 3 nitrogen and oxygen atoms in total. The van der Waals surface area contributed by atoms with Crippen molar-refractivity contribution in [3.8, 4) is 0 Å². The molecule has 1 heterocycles. The van der Waals surface area contributed by atoms with Crippen LogP contribution in [0, 0.1) is 0 Å². The van der Waals surface area contributed by atoms with Gasteiger partial charge < -0.3 is 10.1 Å². The van der Waals surface area contributed by atoms with Gasteiger partial charge in [0.25, 0.3) is 0 Å². The molecule has 0 bridgehead atoms. The van der Waals surface area contributed by atoms with Crippen molar-refractivity contribution >= 4 is 0 Å². The molecule has 1 aliphatic heterocycles. The number of ether oxygens (including phenoxy) is 1. The van der Waals surface area contributed by atoms with Gasteiger partial charge in [-0.3, -0.25) is 4.90 Å². The Morgan fingerprint density at radius 3 is 3.00 bits per heavy atom. The van der Waals surface area contributed by atoms with E-state index in [2.05, 4.69) is 24.1 Å². The minimum absolute atomic E-state index is 0.407. The molecule has 2 atom stereocenters. The number of nitrogens with one attached hydrogen (secondary N) is 1. The third-order valence-electron chi connectivity index (χ3n) is 3.92. The van der Waals surface area contributed by atoms with Crippen LogP contribution in [-0.4, -0.2) is 49.3 Å². The Morgan fingerprint density at radius 2 is 2.24 bits per heavy atom. The zero-order valence-corrected chi connectivity index (χ0v) is 11.5.